The van der Waals surface area contributed by atoms with Crippen LogP contribution in [0.3, 0.4) is 0 Å². The number of nitrogens with zero attached hydrogens (tertiary/aromatic N) is 1. The van der Waals surface area contributed by atoms with Crippen LogP contribution < -0.4 is 14.4 Å². The molecule has 0 saturated heterocycles. The zero-order chi connectivity index (χ0) is 22.6. The number of methoxy groups -OCH3 is 1. The van der Waals surface area contributed by atoms with Gasteiger partial charge in [0.05, 0.1) is 25.1 Å². The summed E-state index contributed by atoms with van der Waals surface area (Å²) in [4.78, 5) is 12.9. The van der Waals surface area contributed by atoms with Crippen LogP contribution in [0.4, 0.5) is 14.5 Å². The first-order valence-corrected chi connectivity index (χ1v) is 11.2. The van der Waals surface area contributed by atoms with Crippen LogP contribution in [0.1, 0.15) is 37.4 Å². The largest absolute Gasteiger partial charge is 0.496 e. The van der Waals surface area contributed by atoms with Crippen molar-refractivity contribution < 1.29 is 26.7 Å². The summed E-state index contributed by atoms with van der Waals surface area (Å²) in [6.45, 7) is 5.16. The van der Waals surface area contributed by atoms with Gasteiger partial charge in [0.2, 0.25) is 15.9 Å². The molecule has 2 rings (SSSR count). The SMILES string of the molecule is CC[C@@H](NC(=O)[C@@H](C)N(c1ccc(F)c(F)c1)S(C)(=O)=O)c1ccc(OC)c(C)c1. The van der Waals surface area contributed by atoms with E-state index in [0.29, 0.717) is 6.42 Å². The van der Waals surface area contributed by atoms with Gasteiger partial charge in [-0.2, -0.15) is 0 Å². The number of ether oxygens (including phenoxy) is 1. The number of halogens is 2. The molecule has 2 aromatic rings. The van der Waals surface area contributed by atoms with Gasteiger partial charge in [0.25, 0.3) is 0 Å². The van der Waals surface area contributed by atoms with Crippen molar-refractivity contribution in [3.8, 4) is 5.75 Å². The van der Waals surface area contributed by atoms with Crippen molar-refractivity contribution in [2.24, 2.45) is 0 Å². The van der Waals surface area contributed by atoms with Gasteiger partial charge in [-0.3, -0.25) is 9.10 Å². The summed E-state index contributed by atoms with van der Waals surface area (Å²) >= 11 is 0. The lowest BCUT2D eigenvalue weighted by molar-refractivity contribution is -0.122. The first kappa shape index (κ1) is 23.6. The van der Waals surface area contributed by atoms with E-state index in [1.54, 1.807) is 13.2 Å². The molecule has 0 aliphatic rings. The number of anilines is 1. The van der Waals surface area contributed by atoms with Gasteiger partial charge < -0.3 is 10.1 Å². The van der Waals surface area contributed by atoms with Gasteiger partial charge >= 0.3 is 0 Å². The third-order valence-electron chi connectivity index (χ3n) is 4.79. The van der Waals surface area contributed by atoms with E-state index < -0.39 is 33.6 Å². The highest BCUT2D eigenvalue weighted by molar-refractivity contribution is 7.92. The van der Waals surface area contributed by atoms with E-state index in [-0.39, 0.29) is 11.7 Å². The van der Waals surface area contributed by atoms with Crippen LogP contribution in [0, 0.1) is 18.6 Å². The number of nitrogens with one attached hydrogen (secondary N) is 1. The Morgan fingerprint density at radius 1 is 1.17 bits per heavy atom. The normalized spacial score (nSPS) is 13.4. The maximum atomic E-state index is 13.7. The highest BCUT2D eigenvalue weighted by atomic mass is 32.2. The van der Waals surface area contributed by atoms with Crippen molar-refractivity contribution in [1.82, 2.24) is 5.32 Å². The minimum Gasteiger partial charge on any atom is -0.496 e. The molecule has 30 heavy (non-hydrogen) atoms. The van der Waals surface area contributed by atoms with Crippen molar-refractivity contribution in [1.29, 1.82) is 0 Å². The summed E-state index contributed by atoms with van der Waals surface area (Å²) in [5.41, 5.74) is 1.61. The number of aryl methyl sites for hydroxylation is 1. The van der Waals surface area contributed by atoms with Crippen LogP contribution in [0.15, 0.2) is 36.4 Å². The zero-order valence-electron chi connectivity index (χ0n) is 17.6. The molecule has 0 bridgehead atoms. The molecular formula is C21H26F2N2O4S. The second kappa shape index (κ2) is 9.42. The van der Waals surface area contributed by atoms with Crippen LogP contribution >= 0.6 is 0 Å². The number of carbonyl (C=O) groups is 1. The molecule has 0 heterocycles. The number of hydrogen-bond donors (Lipinski definition) is 1. The Balaban J connectivity index is 2.31. The fourth-order valence-electron chi connectivity index (χ4n) is 3.26. The fraction of sp³-hybridized carbons (Fsp3) is 0.381. The molecule has 0 aliphatic carbocycles. The van der Waals surface area contributed by atoms with Crippen molar-refractivity contribution in [3.05, 3.63) is 59.2 Å². The summed E-state index contributed by atoms with van der Waals surface area (Å²) in [5, 5.41) is 2.84. The first-order chi connectivity index (χ1) is 14.0. The Kier molecular flexibility index (Phi) is 7.41. The summed E-state index contributed by atoms with van der Waals surface area (Å²) < 4.78 is 57.6. The quantitative estimate of drug-likeness (QED) is 0.679. The van der Waals surface area contributed by atoms with Crippen molar-refractivity contribution in [2.75, 3.05) is 17.7 Å². The highest BCUT2D eigenvalue weighted by Gasteiger charge is 2.31. The van der Waals surface area contributed by atoms with Gasteiger partial charge in [-0.15, -0.1) is 0 Å². The maximum absolute atomic E-state index is 13.7. The topological polar surface area (TPSA) is 75.7 Å². The Labute approximate surface area is 175 Å². The second-order valence-electron chi connectivity index (χ2n) is 7.03. The summed E-state index contributed by atoms with van der Waals surface area (Å²) in [6.07, 6.45) is 1.47. The molecule has 0 saturated carbocycles. The molecule has 2 aromatic carbocycles. The van der Waals surface area contributed by atoms with Gasteiger partial charge in [0.1, 0.15) is 11.8 Å². The molecule has 1 N–H and O–H groups in total. The molecule has 2 atom stereocenters. The van der Waals surface area contributed by atoms with Gasteiger partial charge in [-0.1, -0.05) is 19.1 Å². The van der Waals surface area contributed by atoms with E-state index >= 15 is 0 Å². The predicted molar refractivity (Wildman–Crippen MR) is 112 cm³/mol. The number of rotatable bonds is 8. The average molecular weight is 441 g/mol. The standard InChI is InChI=1S/C21H26F2N2O4S/c1-6-19(15-7-10-20(29-4)13(2)11-15)24-21(26)14(3)25(30(5,27)28)16-8-9-17(22)18(23)12-16/h7-12,14,19H,6H2,1-5H3,(H,24,26)/t14-,19-/m1/s1. The fourth-order valence-corrected chi connectivity index (χ4v) is 4.43. The van der Waals surface area contributed by atoms with E-state index in [1.165, 1.54) is 6.92 Å². The number of sulfonamides is 1. The van der Waals surface area contributed by atoms with Gasteiger partial charge in [0.15, 0.2) is 11.6 Å². The Morgan fingerprint density at radius 2 is 1.83 bits per heavy atom. The number of benzene rings is 2. The van der Waals surface area contributed by atoms with Crippen LogP contribution in [-0.2, 0) is 14.8 Å². The molecule has 164 valence electrons. The number of carbonyl (C=O) groups excluding carboxylic acids is 1. The predicted octanol–water partition coefficient (Wildman–Crippen LogP) is 3.70. The molecule has 0 aliphatic heterocycles. The maximum Gasteiger partial charge on any atom is 0.244 e. The summed E-state index contributed by atoms with van der Waals surface area (Å²) in [6, 6.07) is 6.66. The van der Waals surface area contributed by atoms with Gasteiger partial charge in [0, 0.05) is 6.07 Å². The second-order valence-corrected chi connectivity index (χ2v) is 8.89. The van der Waals surface area contributed by atoms with Crippen LogP contribution in [0.5, 0.6) is 5.75 Å². The highest BCUT2D eigenvalue weighted by Crippen LogP contribution is 2.26. The molecule has 6 nitrogen and oxygen atoms in total. The van der Waals surface area contributed by atoms with Crippen molar-refractivity contribution >= 4 is 21.6 Å². The first-order valence-electron chi connectivity index (χ1n) is 9.39. The summed E-state index contributed by atoms with van der Waals surface area (Å²) in [7, 11) is -2.38. The van der Waals surface area contributed by atoms with E-state index in [2.05, 4.69) is 5.32 Å². The molecule has 0 fully saturated rings. The van der Waals surface area contributed by atoms with E-state index in [9.17, 15) is 22.0 Å². The molecule has 1 amide bonds. The zero-order valence-corrected chi connectivity index (χ0v) is 18.4. The third kappa shape index (κ3) is 5.27. The van der Waals surface area contributed by atoms with E-state index in [4.69, 9.17) is 4.74 Å². The third-order valence-corrected chi connectivity index (χ3v) is 6.03. The molecule has 0 radical (unpaired) electrons. The molecule has 0 unspecified atom stereocenters. The lowest BCUT2D eigenvalue weighted by Crippen LogP contribution is -2.48. The van der Waals surface area contributed by atoms with E-state index in [0.717, 1.165) is 45.6 Å². The van der Waals surface area contributed by atoms with Crippen LogP contribution in [-0.4, -0.2) is 33.7 Å². The van der Waals surface area contributed by atoms with Gasteiger partial charge in [-0.05, 0) is 49.6 Å². The monoisotopic (exact) mass is 440 g/mol. The minimum atomic E-state index is -3.95. The minimum absolute atomic E-state index is 0.132. The molecule has 9 heteroatoms. The molecular weight excluding hydrogens is 414 g/mol. The molecule has 0 spiro atoms. The van der Waals surface area contributed by atoms with Crippen LogP contribution in [0.2, 0.25) is 0 Å². The Bertz CT molecular complexity index is 1030. The molecule has 0 aromatic heterocycles. The van der Waals surface area contributed by atoms with E-state index in [1.807, 2.05) is 26.0 Å². The number of hydrogen-bond acceptors (Lipinski definition) is 4. The number of amides is 1. The van der Waals surface area contributed by atoms with Crippen LogP contribution in [0.25, 0.3) is 0 Å². The Hall–Kier alpha value is -2.68. The van der Waals surface area contributed by atoms with Gasteiger partial charge in [-0.25, -0.2) is 17.2 Å². The Morgan fingerprint density at radius 3 is 2.33 bits per heavy atom. The van der Waals surface area contributed by atoms with Crippen molar-refractivity contribution in [3.63, 3.8) is 0 Å². The smallest absolute Gasteiger partial charge is 0.244 e. The van der Waals surface area contributed by atoms with Crippen molar-refractivity contribution in [2.45, 2.75) is 39.3 Å². The lowest BCUT2D eigenvalue weighted by atomic mass is 10.0. The lowest BCUT2D eigenvalue weighted by Gasteiger charge is -2.30. The average Bonchev–Trinajstić information content (AvgIpc) is 2.67. The summed E-state index contributed by atoms with van der Waals surface area (Å²) in [5.74, 6) is -2.15.